The second-order valence-electron chi connectivity index (χ2n) is 5.97. The molecule has 0 spiro atoms. The van der Waals surface area contributed by atoms with Crippen LogP contribution in [0.3, 0.4) is 0 Å². The minimum absolute atomic E-state index is 0.786. The molecule has 1 aliphatic heterocycles. The summed E-state index contributed by atoms with van der Waals surface area (Å²) in [5.74, 6) is 0.896. The largest absolute Gasteiger partial charge is 0.296 e. The molecule has 7 heteroatoms. The van der Waals surface area contributed by atoms with Gasteiger partial charge in [0.2, 0.25) is 0 Å². The van der Waals surface area contributed by atoms with Crippen molar-refractivity contribution in [1.29, 1.82) is 0 Å². The number of hydrogen-bond donors (Lipinski definition) is 0. The zero-order valence-corrected chi connectivity index (χ0v) is 14.3. The molecule has 0 saturated carbocycles. The first-order valence-electron chi connectivity index (χ1n) is 8.18. The Morgan fingerprint density at radius 3 is 2.33 bits per heavy atom. The van der Waals surface area contributed by atoms with Crippen LogP contribution in [0, 0.1) is 0 Å². The lowest BCUT2D eigenvalue weighted by atomic mass is 10.3. The van der Waals surface area contributed by atoms with Gasteiger partial charge in [-0.2, -0.15) is 4.68 Å². The first-order chi connectivity index (χ1) is 11.9. The van der Waals surface area contributed by atoms with Crippen LogP contribution in [0.2, 0.25) is 0 Å². The van der Waals surface area contributed by atoms with Crippen molar-refractivity contribution in [3.8, 4) is 5.69 Å². The fourth-order valence-corrected chi connectivity index (χ4v) is 3.75. The van der Waals surface area contributed by atoms with Crippen LogP contribution in [0.5, 0.6) is 0 Å². The molecule has 1 saturated heterocycles. The molecule has 0 unspecified atom stereocenters. The van der Waals surface area contributed by atoms with Crippen LogP contribution in [-0.4, -0.2) is 56.2 Å². The normalized spacial score (nSPS) is 16.5. The highest BCUT2D eigenvalue weighted by molar-refractivity contribution is 7.09. The predicted octanol–water partition coefficient (Wildman–Crippen LogP) is 2.04. The summed E-state index contributed by atoms with van der Waals surface area (Å²) in [7, 11) is 0. The van der Waals surface area contributed by atoms with E-state index in [0.29, 0.717) is 0 Å². The second-order valence-corrected chi connectivity index (χ2v) is 7.01. The summed E-state index contributed by atoms with van der Waals surface area (Å²) in [6, 6.07) is 14.4. The summed E-state index contributed by atoms with van der Waals surface area (Å²) in [5.41, 5.74) is 1.01. The lowest BCUT2D eigenvalue weighted by Gasteiger charge is -2.34. The van der Waals surface area contributed by atoms with E-state index >= 15 is 0 Å². The monoisotopic (exact) mass is 340 g/mol. The third kappa shape index (κ3) is 3.53. The first-order valence-corrected chi connectivity index (χ1v) is 9.06. The van der Waals surface area contributed by atoms with Gasteiger partial charge in [0.1, 0.15) is 0 Å². The van der Waals surface area contributed by atoms with Crippen molar-refractivity contribution in [2.24, 2.45) is 0 Å². The molecule has 4 rings (SSSR count). The van der Waals surface area contributed by atoms with Gasteiger partial charge in [-0.3, -0.25) is 9.80 Å². The summed E-state index contributed by atoms with van der Waals surface area (Å²) in [6.45, 7) is 6.12. The van der Waals surface area contributed by atoms with Crippen molar-refractivity contribution in [1.82, 2.24) is 30.0 Å². The number of rotatable bonds is 5. The molecule has 6 nitrogen and oxygen atoms in total. The van der Waals surface area contributed by atoms with Crippen molar-refractivity contribution in [2.45, 2.75) is 13.1 Å². The topological polar surface area (TPSA) is 50.1 Å². The van der Waals surface area contributed by atoms with Gasteiger partial charge in [-0.15, -0.1) is 16.4 Å². The maximum absolute atomic E-state index is 4.21. The quantitative estimate of drug-likeness (QED) is 0.711. The molecule has 3 heterocycles. The maximum atomic E-state index is 4.21. The molecule has 0 amide bonds. The van der Waals surface area contributed by atoms with Crippen molar-refractivity contribution >= 4 is 11.3 Å². The van der Waals surface area contributed by atoms with Gasteiger partial charge in [-0.25, -0.2) is 0 Å². The van der Waals surface area contributed by atoms with Gasteiger partial charge < -0.3 is 0 Å². The molecule has 0 aliphatic carbocycles. The highest BCUT2D eigenvalue weighted by atomic mass is 32.1. The Morgan fingerprint density at radius 1 is 0.875 bits per heavy atom. The standard InChI is InChI=1S/C17H20N6S/c1-2-5-15(6-3-1)23-17(18-19-20-23)14-22-10-8-21(9-11-22)13-16-7-4-12-24-16/h1-7,12H,8-11,13-14H2. The Labute approximate surface area is 145 Å². The van der Waals surface area contributed by atoms with E-state index in [1.54, 1.807) is 0 Å². The maximum Gasteiger partial charge on any atom is 0.170 e. The van der Waals surface area contributed by atoms with E-state index in [1.165, 1.54) is 4.88 Å². The molecule has 0 N–H and O–H groups in total. The van der Waals surface area contributed by atoms with Crippen molar-refractivity contribution in [2.75, 3.05) is 26.2 Å². The van der Waals surface area contributed by atoms with Crippen LogP contribution in [0.15, 0.2) is 47.8 Å². The van der Waals surface area contributed by atoms with Crippen LogP contribution in [0.25, 0.3) is 5.69 Å². The third-order valence-corrected chi connectivity index (χ3v) is 5.19. The number of hydrogen-bond acceptors (Lipinski definition) is 6. The molecule has 124 valence electrons. The van der Waals surface area contributed by atoms with E-state index in [0.717, 1.165) is 50.8 Å². The molecule has 1 aromatic carbocycles. The summed E-state index contributed by atoms with van der Waals surface area (Å²) in [5, 5.41) is 14.4. The summed E-state index contributed by atoms with van der Waals surface area (Å²) < 4.78 is 1.83. The van der Waals surface area contributed by atoms with E-state index in [2.05, 4.69) is 42.8 Å². The highest BCUT2D eigenvalue weighted by Gasteiger charge is 2.20. The number of benzene rings is 1. The highest BCUT2D eigenvalue weighted by Crippen LogP contribution is 2.15. The van der Waals surface area contributed by atoms with Crippen molar-refractivity contribution in [3.63, 3.8) is 0 Å². The van der Waals surface area contributed by atoms with E-state index in [1.807, 2.05) is 46.4 Å². The van der Waals surface area contributed by atoms with E-state index in [-0.39, 0.29) is 0 Å². The number of aromatic nitrogens is 4. The predicted molar refractivity (Wildman–Crippen MR) is 94.0 cm³/mol. The Kier molecular flexibility index (Phi) is 4.64. The Morgan fingerprint density at radius 2 is 1.62 bits per heavy atom. The second kappa shape index (κ2) is 7.21. The average Bonchev–Trinajstić information content (AvgIpc) is 3.29. The summed E-state index contributed by atoms with van der Waals surface area (Å²) >= 11 is 1.84. The molecular weight excluding hydrogens is 320 g/mol. The lowest BCUT2D eigenvalue weighted by Crippen LogP contribution is -2.45. The van der Waals surface area contributed by atoms with Crippen LogP contribution in [-0.2, 0) is 13.1 Å². The zero-order chi connectivity index (χ0) is 16.2. The SMILES string of the molecule is c1ccc(-n2nnnc2CN2CCN(Cc3cccs3)CC2)cc1. The van der Waals surface area contributed by atoms with Gasteiger partial charge in [0, 0.05) is 37.6 Å². The zero-order valence-electron chi connectivity index (χ0n) is 13.5. The van der Waals surface area contributed by atoms with Gasteiger partial charge in [-0.1, -0.05) is 24.3 Å². The molecule has 3 aromatic rings. The summed E-state index contributed by atoms with van der Waals surface area (Å²) in [6.07, 6.45) is 0. The molecular formula is C17H20N6S. The van der Waals surface area contributed by atoms with Crippen LogP contribution in [0.1, 0.15) is 10.7 Å². The molecule has 0 atom stereocenters. The fourth-order valence-electron chi connectivity index (χ4n) is 3.00. The minimum Gasteiger partial charge on any atom is -0.296 e. The van der Waals surface area contributed by atoms with Crippen LogP contribution < -0.4 is 0 Å². The fraction of sp³-hybridized carbons (Fsp3) is 0.353. The molecule has 2 aromatic heterocycles. The molecule has 0 radical (unpaired) electrons. The Hall–Kier alpha value is -2.09. The van der Waals surface area contributed by atoms with Gasteiger partial charge in [0.15, 0.2) is 5.82 Å². The van der Waals surface area contributed by atoms with Gasteiger partial charge >= 0.3 is 0 Å². The number of nitrogens with zero attached hydrogens (tertiary/aromatic N) is 6. The Bertz CT molecular complexity index is 747. The van der Waals surface area contributed by atoms with Gasteiger partial charge in [0.25, 0.3) is 0 Å². The van der Waals surface area contributed by atoms with E-state index in [9.17, 15) is 0 Å². The van der Waals surface area contributed by atoms with E-state index < -0.39 is 0 Å². The number of tetrazole rings is 1. The smallest absolute Gasteiger partial charge is 0.170 e. The van der Waals surface area contributed by atoms with Crippen molar-refractivity contribution in [3.05, 3.63) is 58.5 Å². The summed E-state index contributed by atoms with van der Waals surface area (Å²) in [4.78, 5) is 6.38. The van der Waals surface area contributed by atoms with Crippen LogP contribution >= 0.6 is 11.3 Å². The minimum atomic E-state index is 0.786. The lowest BCUT2D eigenvalue weighted by molar-refractivity contribution is 0.120. The molecule has 24 heavy (non-hydrogen) atoms. The van der Waals surface area contributed by atoms with Gasteiger partial charge in [-0.05, 0) is 34.0 Å². The van der Waals surface area contributed by atoms with Crippen LogP contribution in [0.4, 0.5) is 0 Å². The molecule has 1 fully saturated rings. The number of para-hydroxylation sites is 1. The number of thiophene rings is 1. The first kappa shape index (κ1) is 15.4. The van der Waals surface area contributed by atoms with Crippen molar-refractivity contribution < 1.29 is 0 Å². The van der Waals surface area contributed by atoms with E-state index in [4.69, 9.17) is 0 Å². The van der Waals surface area contributed by atoms with Gasteiger partial charge in [0.05, 0.1) is 12.2 Å². The Balaban J connectivity index is 1.35. The molecule has 1 aliphatic rings. The molecule has 0 bridgehead atoms. The number of piperazine rings is 1. The average molecular weight is 340 g/mol. The third-order valence-electron chi connectivity index (χ3n) is 4.32.